The number of allylic oxidation sites excluding steroid dienone is 2. The van der Waals surface area contributed by atoms with E-state index in [-0.39, 0.29) is 5.60 Å². The fraction of sp³-hybridized carbons (Fsp3) is 0.867. The van der Waals surface area contributed by atoms with Crippen molar-refractivity contribution in [2.24, 2.45) is 11.3 Å². The summed E-state index contributed by atoms with van der Waals surface area (Å²) in [5.74, 6) is 0.696. The second-order valence-electron chi connectivity index (χ2n) is 6.02. The van der Waals surface area contributed by atoms with E-state index in [1.165, 1.54) is 32.1 Å². The van der Waals surface area contributed by atoms with E-state index in [4.69, 9.17) is 4.74 Å². The summed E-state index contributed by atoms with van der Waals surface area (Å²) in [6.07, 6.45) is 8.70. The van der Waals surface area contributed by atoms with Gasteiger partial charge in [-0.1, -0.05) is 32.4 Å². The molecule has 2 aliphatic rings. The third-order valence-corrected chi connectivity index (χ3v) is 5.15. The van der Waals surface area contributed by atoms with Crippen molar-refractivity contribution in [1.82, 2.24) is 0 Å². The van der Waals surface area contributed by atoms with Crippen molar-refractivity contribution in [1.29, 1.82) is 0 Å². The quantitative estimate of drug-likeness (QED) is 0.632. The van der Waals surface area contributed by atoms with Crippen molar-refractivity contribution in [3.05, 3.63) is 11.6 Å². The van der Waals surface area contributed by atoms with Crippen molar-refractivity contribution >= 4 is 0 Å². The molecule has 0 amide bonds. The standard InChI is InChI=1S/C15H26O/c1-5-15(6-2)10-14(11-16-15)8-7-12(3)9-13(14)4/h9,13H,5-8,10-11H2,1-4H3. The minimum Gasteiger partial charge on any atom is -0.374 e. The summed E-state index contributed by atoms with van der Waals surface area (Å²) in [6.45, 7) is 10.2. The Morgan fingerprint density at radius 1 is 1.38 bits per heavy atom. The van der Waals surface area contributed by atoms with Gasteiger partial charge in [0.25, 0.3) is 0 Å². The normalized spacial score (nSPS) is 37.8. The van der Waals surface area contributed by atoms with E-state index in [9.17, 15) is 0 Å². The molecule has 0 aromatic carbocycles. The van der Waals surface area contributed by atoms with Gasteiger partial charge in [0.1, 0.15) is 0 Å². The van der Waals surface area contributed by atoms with Crippen LogP contribution in [0.4, 0.5) is 0 Å². The average Bonchev–Trinajstić information content (AvgIpc) is 2.66. The van der Waals surface area contributed by atoms with Crippen LogP contribution < -0.4 is 0 Å². The van der Waals surface area contributed by atoms with Crippen molar-refractivity contribution in [2.45, 2.75) is 65.4 Å². The van der Waals surface area contributed by atoms with E-state index in [2.05, 4.69) is 33.8 Å². The maximum Gasteiger partial charge on any atom is 0.0684 e. The van der Waals surface area contributed by atoms with Gasteiger partial charge in [0, 0.05) is 5.41 Å². The summed E-state index contributed by atoms with van der Waals surface area (Å²) in [4.78, 5) is 0. The topological polar surface area (TPSA) is 9.23 Å². The van der Waals surface area contributed by atoms with Crippen molar-refractivity contribution < 1.29 is 4.74 Å². The first-order valence-electron chi connectivity index (χ1n) is 6.87. The monoisotopic (exact) mass is 222 g/mol. The predicted molar refractivity (Wildman–Crippen MR) is 68.5 cm³/mol. The molecule has 2 rings (SSSR count). The van der Waals surface area contributed by atoms with E-state index in [1.807, 2.05) is 0 Å². The molecule has 0 aromatic heterocycles. The summed E-state index contributed by atoms with van der Waals surface area (Å²) >= 11 is 0. The van der Waals surface area contributed by atoms with Crippen LogP contribution in [0.5, 0.6) is 0 Å². The molecule has 0 aromatic rings. The molecule has 16 heavy (non-hydrogen) atoms. The highest BCUT2D eigenvalue weighted by Gasteiger charge is 2.50. The highest BCUT2D eigenvalue weighted by atomic mass is 16.5. The van der Waals surface area contributed by atoms with Gasteiger partial charge in [-0.25, -0.2) is 0 Å². The highest BCUT2D eigenvalue weighted by Crippen LogP contribution is 2.53. The number of hydrogen-bond acceptors (Lipinski definition) is 1. The molecular weight excluding hydrogens is 196 g/mol. The molecule has 1 spiro atoms. The molecule has 0 N–H and O–H groups in total. The molecular formula is C15H26O. The first-order valence-corrected chi connectivity index (χ1v) is 6.87. The van der Waals surface area contributed by atoms with Gasteiger partial charge in [-0.3, -0.25) is 0 Å². The summed E-state index contributed by atoms with van der Waals surface area (Å²) in [7, 11) is 0. The van der Waals surface area contributed by atoms with Gasteiger partial charge in [0.15, 0.2) is 0 Å². The maximum absolute atomic E-state index is 6.21. The van der Waals surface area contributed by atoms with Crippen molar-refractivity contribution in [2.75, 3.05) is 6.61 Å². The van der Waals surface area contributed by atoms with Gasteiger partial charge in [0.2, 0.25) is 0 Å². The molecule has 2 unspecified atom stereocenters. The third kappa shape index (κ3) is 1.84. The molecule has 1 saturated heterocycles. The Hall–Kier alpha value is -0.300. The Morgan fingerprint density at radius 3 is 2.56 bits per heavy atom. The van der Waals surface area contributed by atoms with Crippen LogP contribution in [0.2, 0.25) is 0 Å². The first kappa shape index (κ1) is 12.2. The molecule has 1 heterocycles. The van der Waals surface area contributed by atoms with Crippen LogP contribution in [-0.4, -0.2) is 12.2 Å². The van der Waals surface area contributed by atoms with Crippen LogP contribution in [0.25, 0.3) is 0 Å². The Kier molecular flexibility index (Phi) is 3.18. The molecule has 2 atom stereocenters. The van der Waals surface area contributed by atoms with E-state index in [0.29, 0.717) is 11.3 Å². The van der Waals surface area contributed by atoms with Crippen LogP contribution in [0.1, 0.15) is 59.8 Å². The second-order valence-corrected chi connectivity index (χ2v) is 6.02. The fourth-order valence-electron chi connectivity index (χ4n) is 3.56. The van der Waals surface area contributed by atoms with Crippen LogP contribution in [0.3, 0.4) is 0 Å². The molecule has 0 radical (unpaired) electrons. The highest BCUT2D eigenvalue weighted by molar-refractivity contribution is 5.13. The molecule has 1 fully saturated rings. The van der Waals surface area contributed by atoms with E-state index < -0.39 is 0 Å². The zero-order valence-electron chi connectivity index (χ0n) is 11.3. The summed E-state index contributed by atoms with van der Waals surface area (Å²) in [5.41, 5.74) is 2.21. The van der Waals surface area contributed by atoms with Crippen LogP contribution in [0.15, 0.2) is 11.6 Å². The van der Waals surface area contributed by atoms with Gasteiger partial charge in [-0.05, 0) is 44.9 Å². The van der Waals surface area contributed by atoms with Crippen molar-refractivity contribution in [3.8, 4) is 0 Å². The predicted octanol–water partition coefficient (Wildman–Crippen LogP) is 4.33. The molecule has 1 aliphatic carbocycles. The zero-order chi connectivity index (χ0) is 11.8. The zero-order valence-corrected chi connectivity index (χ0v) is 11.3. The lowest BCUT2D eigenvalue weighted by atomic mass is 9.65. The van der Waals surface area contributed by atoms with E-state index in [0.717, 1.165) is 6.61 Å². The van der Waals surface area contributed by atoms with Crippen LogP contribution in [-0.2, 0) is 4.74 Å². The Labute approximate surface area is 100 Å². The SMILES string of the molecule is CCC1(CC)CC2(CCC(C)=CC2C)CO1. The lowest BCUT2D eigenvalue weighted by Crippen LogP contribution is -2.33. The average molecular weight is 222 g/mol. The largest absolute Gasteiger partial charge is 0.374 e. The number of ether oxygens (including phenoxy) is 1. The van der Waals surface area contributed by atoms with Gasteiger partial charge >= 0.3 is 0 Å². The maximum atomic E-state index is 6.21. The molecule has 1 nitrogen and oxygen atoms in total. The van der Waals surface area contributed by atoms with Crippen molar-refractivity contribution in [3.63, 3.8) is 0 Å². The number of hydrogen-bond donors (Lipinski definition) is 0. The molecule has 1 aliphatic heterocycles. The van der Waals surface area contributed by atoms with E-state index in [1.54, 1.807) is 5.57 Å². The molecule has 92 valence electrons. The minimum atomic E-state index is 0.188. The molecule has 1 heteroatoms. The van der Waals surface area contributed by atoms with Gasteiger partial charge < -0.3 is 4.74 Å². The lowest BCUT2D eigenvalue weighted by Gasteiger charge is -2.38. The summed E-state index contributed by atoms with van der Waals surface area (Å²) in [6, 6.07) is 0. The Morgan fingerprint density at radius 2 is 2.06 bits per heavy atom. The van der Waals surface area contributed by atoms with Gasteiger partial charge in [-0.15, -0.1) is 0 Å². The molecule has 0 saturated carbocycles. The fourth-order valence-corrected chi connectivity index (χ4v) is 3.56. The Bertz CT molecular complexity index is 288. The first-order chi connectivity index (χ1) is 7.56. The summed E-state index contributed by atoms with van der Waals surface area (Å²) < 4.78 is 6.21. The Balaban J connectivity index is 2.18. The minimum absolute atomic E-state index is 0.188. The van der Waals surface area contributed by atoms with Gasteiger partial charge in [0.05, 0.1) is 12.2 Å². The summed E-state index contributed by atoms with van der Waals surface area (Å²) in [5, 5.41) is 0. The van der Waals surface area contributed by atoms with Crippen LogP contribution in [0, 0.1) is 11.3 Å². The smallest absolute Gasteiger partial charge is 0.0684 e. The molecule has 0 bridgehead atoms. The third-order valence-electron chi connectivity index (χ3n) is 5.15. The van der Waals surface area contributed by atoms with Gasteiger partial charge in [-0.2, -0.15) is 0 Å². The van der Waals surface area contributed by atoms with Crippen LogP contribution >= 0.6 is 0 Å². The second kappa shape index (κ2) is 4.18. The number of rotatable bonds is 2. The lowest BCUT2D eigenvalue weighted by molar-refractivity contribution is -0.00619. The van der Waals surface area contributed by atoms with E-state index >= 15 is 0 Å².